The molecule has 0 spiro atoms. The van der Waals surface area contributed by atoms with Gasteiger partial charge in [-0.1, -0.05) is 23.5 Å². The number of pyridine rings is 4. The van der Waals surface area contributed by atoms with E-state index in [9.17, 15) is 28.9 Å². The van der Waals surface area contributed by atoms with E-state index in [1.807, 2.05) is 17.0 Å². The van der Waals surface area contributed by atoms with Gasteiger partial charge in [-0.15, -0.1) is 0 Å². The largest absolute Gasteiger partial charge is 0.387 e. The number of H-pyrrole nitrogens is 2. The monoisotopic (exact) mass is 914 g/mol. The van der Waals surface area contributed by atoms with Crippen molar-refractivity contribution < 1.29 is 23.5 Å². The third-order valence-corrected chi connectivity index (χ3v) is 12.1. The van der Waals surface area contributed by atoms with Crippen LogP contribution in [-0.2, 0) is 9.59 Å². The van der Waals surface area contributed by atoms with E-state index in [0.717, 1.165) is 84.8 Å². The maximum absolute atomic E-state index is 14.0. The first-order valence-corrected chi connectivity index (χ1v) is 21.8. The molecule has 10 heterocycles. The van der Waals surface area contributed by atoms with Gasteiger partial charge in [0.05, 0.1) is 46.9 Å². The van der Waals surface area contributed by atoms with Crippen LogP contribution in [0.25, 0.3) is 33.3 Å². The molecule has 21 heteroatoms. The van der Waals surface area contributed by atoms with E-state index >= 15 is 0 Å². The third kappa shape index (κ3) is 11.2. The maximum atomic E-state index is 14.0. The summed E-state index contributed by atoms with van der Waals surface area (Å²) in [5.74, 6) is -0.727. The Hall–Kier alpha value is -7.46. The summed E-state index contributed by atoms with van der Waals surface area (Å²) < 4.78 is 31.2. The summed E-state index contributed by atoms with van der Waals surface area (Å²) in [4.78, 5) is 34.4. The number of nitrogens with zero attached hydrogens (tertiary/aromatic N) is 12. The van der Waals surface area contributed by atoms with Crippen LogP contribution in [0.15, 0.2) is 118 Å². The molecule has 10 rings (SSSR count). The number of hydrogen-bond acceptors (Lipinski definition) is 13. The van der Waals surface area contributed by atoms with Gasteiger partial charge in [-0.2, -0.15) is 30.9 Å². The molecule has 65 heavy (non-hydrogen) atoms. The van der Waals surface area contributed by atoms with Crippen LogP contribution in [0, 0.1) is 34.3 Å². The fourth-order valence-corrected chi connectivity index (χ4v) is 8.77. The molecular formula is C44H40F2N14O3S2. The zero-order valence-corrected chi connectivity index (χ0v) is 36.4. The van der Waals surface area contributed by atoms with Crippen LogP contribution in [0.2, 0.25) is 0 Å². The topological polar surface area (TPSA) is 226 Å². The first-order chi connectivity index (χ1) is 31.7. The van der Waals surface area contributed by atoms with Gasteiger partial charge in [-0.25, -0.2) is 27.8 Å². The number of likely N-dealkylation sites (tertiary alicyclic amines) is 2. The summed E-state index contributed by atoms with van der Waals surface area (Å²) in [6.07, 6.45) is 21.1. The maximum Gasteiger partial charge on any atom is 0.248 e. The molecule has 17 nitrogen and oxygen atoms in total. The van der Waals surface area contributed by atoms with Gasteiger partial charge in [0.1, 0.15) is 28.8 Å². The van der Waals surface area contributed by atoms with Gasteiger partial charge >= 0.3 is 0 Å². The number of nitriles is 2. The van der Waals surface area contributed by atoms with Crippen molar-refractivity contribution in [3.8, 4) is 34.4 Å². The number of aliphatic hydroxyl groups is 1. The summed E-state index contributed by atoms with van der Waals surface area (Å²) in [5.41, 5.74) is 5.54. The molecule has 3 N–H and O–H groups in total. The van der Waals surface area contributed by atoms with E-state index in [-0.39, 0.29) is 28.5 Å². The first-order valence-electron chi connectivity index (χ1n) is 20.2. The quantitative estimate of drug-likeness (QED) is 0.150. The molecule has 0 saturated carbocycles. The van der Waals surface area contributed by atoms with Crippen LogP contribution in [0.1, 0.15) is 43.7 Å². The van der Waals surface area contributed by atoms with Crippen molar-refractivity contribution in [2.75, 3.05) is 32.8 Å². The molecule has 2 fully saturated rings. The number of carbonyl (C=O) groups excluding carboxylic acids is 2. The molecule has 0 unspecified atom stereocenters. The van der Waals surface area contributed by atoms with Gasteiger partial charge < -0.3 is 14.9 Å². The standard InChI is InChI=1S/2C16H9FN6S.C6H11NO2.C6H11NO/c2*17-13-2-1-3-19-16(13)24-14-4-10(12-6-20-21-7-12)9-23-15(14)11(5-18)8-22-23;8-5-6(9)7-3-1-2-4-7;1-6(8)7-4-2-3-5-7/h2*1-4,6-9H,(H,20,21);8H,1-5H2;2-5H2,1H3. The average molecular weight is 915 g/mol. The predicted molar refractivity (Wildman–Crippen MR) is 236 cm³/mol. The lowest BCUT2D eigenvalue weighted by molar-refractivity contribution is -0.133. The molecule has 330 valence electrons. The number of carbonyl (C=O) groups is 2. The number of nitrogens with one attached hydrogen (secondary N) is 2. The number of fused-ring (bicyclic) bond motifs is 2. The Morgan fingerprint density at radius 1 is 0.708 bits per heavy atom. The van der Waals surface area contributed by atoms with E-state index < -0.39 is 11.6 Å². The Labute approximate surface area is 379 Å². The number of aromatic nitrogens is 10. The molecule has 2 amide bonds. The van der Waals surface area contributed by atoms with Gasteiger partial charge in [0.25, 0.3) is 0 Å². The Morgan fingerprint density at radius 2 is 1.15 bits per heavy atom. The molecule has 0 radical (unpaired) electrons. The van der Waals surface area contributed by atoms with Crippen LogP contribution in [-0.4, -0.2) is 109 Å². The van der Waals surface area contributed by atoms with Crippen LogP contribution in [0.4, 0.5) is 8.78 Å². The summed E-state index contributed by atoms with van der Waals surface area (Å²) in [5, 5.41) is 49.3. The van der Waals surface area contributed by atoms with E-state index in [1.165, 1.54) is 61.9 Å². The van der Waals surface area contributed by atoms with Crippen LogP contribution >= 0.6 is 23.5 Å². The SMILES string of the molecule is CC(=O)N1CCCC1.N#Cc1cnn2cc(-c3cn[nH]c3)cc(Sc3ncccc3F)c12.N#Cc1cnn2cc(-c3cn[nH]c3)cc(Sc3ncccc3F)c12.O=C(CO)N1CCCC1. The first kappa shape index (κ1) is 45.6. The highest BCUT2D eigenvalue weighted by molar-refractivity contribution is 7.99. The molecule has 0 bridgehead atoms. The lowest BCUT2D eigenvalue weighted by atomic mass is 10.1. The normalized spacial score (nSPS) is 13.0. The van der Waals surface area contributed by atoms with Crippen molar-refractivity contribution in [3.05, 3.63) is 121 Å². The fourth-order valence-electron chi connectivity index (χ4n) is 6.82. The lowest BCUT2D eigenvalue weighted by Gasteiger charge is -2.11. The highest BCUT2D eigenvalue weighted by Gasteiger charge is 2.19. The molecular weight excluding hydrogens is 875 g/mol. The van der Waals surface area contributed by atoms with Crippen molar-refractivity contribution in [3.63, 3.8) is 0 Å². The number of hydrogen-bond donors (Lipinski definition) is 3. The molecule has 8 aromatic rings. The number of amides is 2. The molecule has 8 aromatic heterocycles. The lowest BCUT2D eigenvalue weighted by Crippen LogP contribution is -2.29. The van der Waals surface area contributed by atoms with Crippen LogP contribution < -0.4 is 0 Å². The number of halogens is 2. The number of rotatable bonds is 7. The van der Waals surface area contributed by atoms with Crippen molar-refractivity contribution >= 4 is 46.4 Å². The van der Waals surface area contributed by atoms with Gasteiger partial charge in [0.15, 0.2) is 11.6 Å². The smallest absolute Gasteiger partial charge is 0.248 e. The third-order valence-electron chi connectivity index (χ3n) is 10.1. The predicted octanol–water partition coefficient (Wildman–Crippen LogP) is 6.79. The van der Waals surface area contributed by atoms with Crippen molar-refractivity contribution in [2.24, 2.45) is 0 Å². The summed E-state index contributed by atoms with van der Waals surface area (Å²) in [7, 11) is 0. The zero-order valence-electron chi connectivity index (χ0n) is 34.8. The van der Waals surface area contributed by atoms with Crippen LogP contribution in [0.3, 0.4) is 0 Å². The van der Waals surface area contributed by atoms with Gasteiger partial charge in [-0.3, -0.25) is 19.8 Å². The average Bonchev–Trinajstić information content (AvgIpc) is 4.18. The van der Waals surface area contributed by atoms with Crippen molar-refractivity contribution in [2.45, 2.75) is 52.4 Å². The molecule has 2 aliphatic rings. The van der Waals surface area contributed by atoms with E-state index in [4.69, 9.17) is 5.11 Å². The van der Waals surface area contributed by atoms with Crippen molar-refractivity contribution in [1.29, 1.82) is 10.5 Å². The molecule has 0 aromatic carbocycles. The Morgan fingerprint density at radius 3 is 1.51 bits per heavy atom. The second kappa shape index (κ2) is 21.8. The van der Waals surface area contributed by atoms with E-state index in [0.29, 0.717) is 32.0 Å². The summed E-state index contributed by atoms with van der Waals surface area (Å²) in [6.45, 7) is 4.93. The molecule has 2 aliphatic heterocycles. The second-order valence-electron chi connectivity index (χ2n) is 14.3. The minimum atomic E-state index is -0.410. The number of aromatic amines is 2. The Bertz CT molecular complexity index is 2800. The second-order valence-corrected chi connectivity index (χ2v) is 16.4. The van der Waals surface area contributed by atoms with E-state index in [1.54, 1.807) is 58.0 Å². The minimum Gasteiger partial charge on any atom is -0.387 e. The minimum absolute atomic E-state index is 0.132. The van der Waals surface area contributed by atoms with Crippen LogP contribution in [0.5, 0.6) is 0 Å². The molecule has 0 aliphatic carbocycles. The number of aliphatic hydroxyl groups excluding tert-OH is 1. The molecule has 2 saturated heterocycles. The van der Waals surface area contributed by atoms with E-state index in [2.05, 4.69) is 52.7 Å². The van der Waals surface area contributed by atoms with Crippen molar-refractivity contribution in [1.82, 2.24) is 59.4 Å². The Balaban J connectivity index is 0.000000144. The van der Waals surface area contributed by atoms with Gasteiger partial charge in [0.2, 0.25) is 11.8 Å². The highest BCUT2D eigenvalue weighted by Crippen LogP contribution is 2.37. The Kier molecular flexibility index (Phi) is 15.2. The zero-order chi connectivity index (χ0) is 45.7. The van der Waals surface area contributed by atoms with Gasteiger partial charge in [-0.05, 0) is 62.1 Å². The summed E-state index contributed by atoms with van der Waals surface area (Å²) >= 11 is 2.32. The summed E-state index contributed by atoms with van der Waals surface area (Å²) in [6, 6.07) is 13.8. The van der Waals surface area contributed by atoms with Gasteiger partial charge in [0, 0.05) is 102 Å². The fraction of sp³-hybridized carbons (Fsp3) is 0.227. The molecule has 0 atom stereocenters. The highest BCUT2D eigenvalue weighted by atomic mass is 32.2.